The van der Waals surface area contributed by atoms with Gasteiger partial charge in [-0.05, 0) is 60.6 Å². The van der Waals surface area contributed by atoms with Gasteiger partial charge in [0.1, 0.15) is 5.75 Å². The Morgan fingerprint density at radius 1 is 0.967 bits per heavy atom. The molecule has 2 aliphatic rings. The summed E-state index contributed by atoms with van der Waals surface area (Å²) in [6.45, 7) is 18.0. The molecule has 4 heteroatoms. The number of halogens is 1. The van der Waals surface area contributed by atoms with Crippen LogP contribution in [0.25, 0.3) is 0 Å². The number of rotatable bonds is 7. The van der Waals surface area contributed by atoms with Crippen LogP contribution in [-0.2, 0) is 0 Å². The maximum atomic E-state index is 5.62. The lowest BCUT2D eigenvalue weighted by Gasteiger charge is -2.46. The molecule has 1 aliphatic heterocycles. The molecule has 30 heavy (non-hydrogen) atoms. The van der Waals surface area contributed by atoms with Crippen molar-refractivity contribution in [2.45, 2.75) is 79.1 Å². The average molecular weight is 437 g/mol. The van der Waals surface area contributed by atoms with Crippen molar-refractivity contribution in [3.05, 3.63) is 23.8 Å². The Hall–Kier alpha value is -0.930. The summed E-state index contributed by atoms with van der Waals surface area (Å²) < 4.78 is 5.62. The quantitative estimate of drug-likeness (QED) is 0.439. The Morgan fingerprint density at radius 3 is 2.17 bits per heavy atom. The van der Waals surface area contributed by atoms with Crippen molar-refractivity contribution in [3.8, 4) is 5.75 Å². The zero-order chi connectivity index (χ0) is 21.1. The number of piperazine rings is 1. The van der Waals surface area contributed by atoms with Crippen molar-refractivity contribution in [1.82, 2.24) is 4.90 Å². The molecule has 0 N–H and O–H groups in total. The zero-order valence-corrected chi connectivity index (χ0v) is 21.1. The van der Waals surface area contributed by atoms with Crippen molar-refractivity contribution >= 4 is 18.1 Å². The third kappa shape index (κ3) is 6.53. The number of nitrogens with zero attached hydrogens (tertiary/aromatic N) is 2. The summed E-state index contributed by atoms with van der Waals surface area (Å²) in [5, 5.41) is 0. The third-order valence-corrected chi connectivity index (χ3v) is 7.02. The Balaban J connectivity index is 0.00000320. The second-order valence-corrected chi connectivity index (χ2v) is 11.1. The largest absolute Gasteiger partial charge is 0.497 e. The van der Waals surface area contributed by atoms with Gasteiger partial charge in [0.25, 0.3) is 0 Å². The summed E-state index contributed by atoms with van der Waals surface area (Å²) in [6, 6.07) is 6.84. The third-order valence-electron chi connectivity index (χ3n) is 7.02. The number of ether oxygens (including phenoxy) is 1. The minimum absolute atomic E-state index is 0. The lowest BCUT2D eigenvalue weighted by atomic mass is 9.60. The van der Waals surface area contributed by atoms with Gasteiger partial charge in [-0.15, -0.1) is 12.4 Å². The summed E-state index contributed by atoms with van der Waals surface area (Å²) in [5.41, 5.74) is 3.78. The first-order chi connectivity index (χ1) is 13.7. The normalized spacial score (nSPS) is 21.9. The predicted octanol–water partition coefficient (Wildman–Crippen LogP) is 6.75. The zero-order valence-electron chi connectivity index (χ0n) is 20.3. The molecule has 0 spiro atoms. The lowest BCUT2D eigenvalue weighted by molar-refractivity contribution is 0.0969. The highest BCUT2D eigenvalue weighted by atomic mass is 35.5. The van der Waals surface area contributed by atoms with Crippen molar-refractivity contribution < 1.29 is 4.74 Å². The molecule has 1 aromatic carbocycles. The highest BCUT2D eigenvalue weighted by Crippen LogP contribution is 2.53. The van der Waals surface area contributed by atoms with E-state index in [2.05, 4.69) is 62.6 Å². The van der Waals surface area contributed by atoms with E-state index in [4.69, 9.17) is 4.74 Å². The van der Waals surface area contributed by atoms with E-state index >= 15 is 0 Å². The number of benzene rings is 1. The lowest BCUT2D eigenvalue weighted by Crippen LogP contribution is -2.47. The van der Waals surface area contributed by atoms with Crippen LogP contribution in [0.3, 0.4) is 0 Å². The maximum Gasteiger partial charge on any atom is 0.120 e. The molecule has 0 aromatic heterocycles. The van der Waals surface area contributed by atoms with Crippen LogP contribution in [-0.4, -0.2) is 44.7 Å². The molecule has 1 saturated carbocycles. The number of hydrogen-bond donors (Lipinski definition) is 0. The van der Waals surface area contributed by atoms with Crippen LogP contribution in [0, 0.1) is 10.8 Å². The second kappa shape index (κ2) is 10.6. The summed E-state index contributed by atoms with van der Waals surface area (Å²) in [6.07, 6.45) is 7.89. The molecular formula is C26H45ClN2O. The highest BCUT2D eigenvalue weighted by Gasteiger charge is 2.40. The smallest absolute Gasteiger partial charge is 0.120 e. The second-order valence-electron chi connectivity index (χ2n) is 11.1. The molecule has 0 amide bonds. The number of unbranched alkanes of at least 4 members (excludes halogenated alkanes) is 2. The predicted molar refractivity (Wildman–Crippen MR) is 133 cm³/mol. The average Bonchev–Trinajstić information content (AvgIpc) is 2.66. The fraction of sp³-hybridized carbons (Fsp3) is 0.769. The van der Waals surface area contributed by atoms with E-state index in [0.29, 0.717) is 16.7 Å². The summed E-state index contributed by atoms with van der Waals surface area (Å²) in [7, 11) is 1.79. The fourth-order valence-corrected chi connectivity index (χ4v) is 6.13. The Labute approximate surface area is 192 Å². The van der Waals surface area contributed by atoms with E-state index in [9.17, 15) is 0 Å². The molecule has 172 valence electrons. The van der Waals surface area contributed by atoms with Gasteiger partial charge in [-0.3, -0.25) is 4.90 Å². The monoisotopic (exact) mass is 436 g/mol. The molecule has 3 rings (SSSR count). The van der Waals surface area contributed by atoms with Gasteiger partial charge in [-0.25, -0.2) is 0 Å². The van der Waals surface area contributed by atoms with Gasteiger partial charge in [0.05, 0.1) is 7.11 Å². The SMILES string of the molecule is CCCCCN1CCN(c2cc(OC)ccc2C2CC(C)(C)CC(C)(C)C2)CC1.Cl. The Bertz CT molecular complexity index is 649. The number of methoxy groups -OCH3 is 1. The Kier molecular flexibility index (Phi) is 8.94. The van der Waals surface area contributed by atoms with Crippen molar-refractivity contribution in [2.75, 3.05) is 44.7 Å². The first-order valence-corrected chi connectivity index (χ1v) is 11.9. The molecule has 2 fully saturated rings. The van der Waals surface area contributed by atoms with E-state index < -0.39 is 0 Å². The molecule has 1 aromatic rings. The van der Waals surface area contributed by atoms with Crippen LogP contribution in [0.5, 0.6) is 5.75 Å². The molecule has 0 unspecified atom stereocenters. The van der Waals surface area contributed by atoms with Crippen LogP contribution in [0.15, 0.2) is 18.2 Å². The van der Waals surface area contributed by atoms with Gasteiger partial charge < -0.3 is 9.64 Å². The van der Waals surface area contributed by atoms with Gasteiger partial charge >= 0.3 is 0 Å². The van der Waals surface area contributed by atoms with Gasteiger partial charge in [-0.2, -0.15) is 0 Å². The topological polar surface area (TPSA) is 15.7 Å². The summed E-state index contributed by atoms with van der Waals surface area (Å²) >= 11 is 0. The van der Waals surface area contributed by atoms with Crippen molar-refractivity contribution in [3.63, 3.8) is 0 Å². The van der Waals surface area contributed by atoms with Crippen molar-refractivity contribution in [1.29, 1.82) is 0 Å². The summed E-state index contributed by atoms with van der Waals surface area (Å²) in [5.74, 6) is 1.63. The first-order valence-electron chi connectivity index (χ1n) is 11.9. The van der Waals surface area contributed by atoms with E-state index in [0.717, 1.165) is 18.8 Å². The minimum Gasteiger partial charge on any atom is -0.497 e. The molecule has 0 bridgehead atoms. The number of anilines is 1. The molecule has 1 saturated heterocycles. The van der Waals surface area contributed by atoms with Crippen LogP contribution in [0.4, 0.5) is 5.69 Å². The van der Waals surface area contributed by atoms with Crippen LogP contribution >= 0.6 is 12.4 Å². The van der Waals surface area contributed by atoms with Gasteiger partial charge in [0.15, 0.2) is 0 Å². The first kappa shape index (κ1) is 25.3. The molecule has 1 aliphatic carbocycles. The Morgan fingerprint density at radius 2 is 1.60 bits per heavy atom. The fourth-order valence-electron chi connectivity index (χ4n) is 6.13. The molecule has 3 nitrogen and oxygen atoms in total. The molecule has 0 atom stereocenters. The molecule has 1 heterocycles. The molecule has 0 radical (unpaired) electrons. The van der Waals surface area contributed by atoms with Gasteiger partial charge in [0.2, 0.25) is 0 Å². The molecular weight excluding hydrogens is 392 g/mol. The van der Waals surface area contributed by atoms with Gasteiger partial charge in [-0.1, -0.05) is 53.5 Å². The minimum atomic E-state index is 0. The van der Waals surface area contributed by atoms with E-state index in [1.165, 1.54) is 63.8 Å². The van der Waals surface area contributed by atoms with E-state index in [-0.39, 0.29) is 12.4 Å². The van der Waals surface area contributed by atoms with Crippen molar-refractivity contribution in [2.24, 2.45) is 10.8 Å². The van der Waals surface area contributed by atoms with E-state index in [1.54, 1.807) is 12.7 Å². The van der Waals surface area contributed by atoms with Crippen LogP contribution < -0.4 is 9.64 Å². The number of hydrogen-bond acceptors (Lipinski definition) is 3. The highest BCUT2D eigenvalue weighted by molar-refractivity contribution is 5.85. The maximum absolute atomic E-state index is 5.62. The standard InChI is InChI=1S/C26H44N2O.ClH/c1-7-8-9-12-27-13-15-28(16-14-27)24-17-22(29-6)10-11-23(24)21-18-25(2,3)20-26(4,5)19-21;/h10-11,17,21H,7-9,12-16,18-20H2,1-6H3;1H. The summed E-state index contributed by atoms with van der Waals surface area (Å²) in [4.78, 5) is 5.28. The van der Waals surface area contributed by atoms with E-state index in [1.807, 2.05) is 0 Å². The van der Waals surface area contributed by atoms with Gasteiger partial charge in [0, 0.05) is 37.9 Å². The van der Waals surface area contributed by atoms with Crippen LogP contribution in [0.2, 0.25) is 0 Å². The van der Waals surface area contributed by atoms with Crippen LogP contribution in [0.1, 0.15) is 84.6 Å².